The quantitative estimate of drug-likeness (QED) is 0.846. The van der Waals surface area contributed by atoms with Crippen LogP contribution in [0.5, 0.6) is 0 Å². The maximum atomic E-state index is 12.4. The molecule has 1 fully saturated rings. The van der Waals surface area contributed by atoms with Gasteiger partial charge in [-0.1, -0.05) is 11.6 Å². The van der Waals surface area contributed by atoms with Gasteiger partial charge in [0.2, 0.25) is 0 Å². The summed E-state index contributed by atoms with van der Waals surface area (Å²) in [5, 5.41) is 7.42. The van der Waals surface area contributed by atoms with Crippen molar-refractivity contribution in [1.29, 1.82) is 0 Å². The van der Waals surface area contributed by atoms with Crippen LogP contribution in [0, 0.1) is 12.8 Å². The maximum absolute atomic E-state index is 12.4. The van der Waals surface area contributed by atoms with Gasteiger partial charge < -0.3 is 10.6 Å². The Balaban J connectivity index is 1.59. The van der Waals surface area contributed by atoms with E-state index in [2.05, 4.69) is 15.6 Å². The summed E-state index contributed by atoms with van der Waals surface area (Å²) in [6, 6.07) is 3.79. The Morgan fingerprint density at radius 1 is 1.39 bits per heavy atom. The number of halogens is 1. The fraction of sp³-hybridized carbons (Fsp3) is 0.500. The molecule has 2 N–H and O–H groups in total. The number of aromatic nitrogens is 1. The van der Waals surface area contributed by atoms with Crippen LogP contribution in [0.2, 0.25) is 4.34 Å². The molecule has 0 aromatic carbocycles. The molecule has 23 heavy (non-hydrogen) atoms. The molecule has 1 aliphatic rings. The molecule has 3 heterocycles. The normalized spacial score (nSPS) is 15.7. The zero-order chi connectivity index (χ0) is 16.2. The lowest BCUT2D eigenvalue weighted by molar-refractivity contribution is 0.0954. The number of hydrogen-bond acceptors (Lipinski definition) is 5. The molecule has 2 aromatic rings. The van der Waals surface area contributed by atoms with E-state index in [0.29, 0.717) is 12.5 Å². The average Bonchev–Trinajstić information content (AvgIpc) is 3.12. The first-order valence-corrected chi connectivity index (χ1v) is 9.82. The van der Waals surface area contributed by atoms with Crippen molar-refractivity contribution in [3.63, 3.8) is 0 Å². The third-order valence-corrected chi connectivity index (χ3v) is 6.43. The molecule has 1 amide bonds. The molecule has 0 aliphatic carbocycles. The lowest BCUT2D eigenvalue weighted by atomic mass is 9.95. The van der Waals surface area contributed by atoms with Crippen LogP contribution in [0.4, 0.5) is 0 Å². The third-order valence-electron chi connectivity index (χ3n) is 4.02. The molecule has 0 radical (unpaired) electrons. The summed E-state index contributed by atoms with van der Waals surface area (Å²) in [5.74, 6) is 0.645. The number of nitrogens with one attached hydrogen (secondary N) is 2. The molecule has 1 aliphatic heterocycles. The van der Waals surface area contributed by atoms with Crippen LogP contribution in [-0.4, -0.2) is 24.0 Å². The molecular weight excluding hydrogens is 350 g/mol. The van der Waals surface area contributed by atoms with Crippen molar-refractivity contribution in [2.24, 2.45) is 5.92 Å². The summed E-state index contributed by atoms with van der Waals surface area (Å²) >= 11 is 8.93. The van der Waals surface area contributed by atoms with Gasteiger partial charge in [0, 0.05) is 11.3 Å². The van der Waals surface area contributed by atoms with Gasteiger partial charge in [-0.05, 0) is 50.9 Å². The Hall–Kier alpha value is -0.950. The van der Waals surface area contributed by atoms with Gasteiger partial charge in [0.25, 0.3) is 5.91 Å². The smallest absolute Gasteiger partial charge is 0.263 e. The van der Waals surface area contributed by atoms with E-state index in [-0.39, 0.29) is 5.91 Å². The molecule has 4 nitrogen and oxygen atoms in total. The Labute approximate surface area is 149 Å². The second kappa shape index (κ2) is 7.75. The number of rotatable bonds is 5. The summed E-state index contributed by atoms with van der Waals surface area (Å²) in [7, 11) is 0. The Morgan fingerprint density at radius 2 is 2.17 bits per heavy atom. The van der Waals surface area contributed by atoms with Crippen molar-refractivity contribution in [2.75, 3.05) is 13.1 Å². The Bertz CT molecular complexity index is 677. The molecular formula is C16H20ClN3OS2. The van der Waals surface area contributed by atoms with Crippen LogP contribution in [0.3, 0.4) is 0 Å². The van der Waals surface area contributed by atoms with Crippen molar-refractivity contribution in [3.8, 4) is 0 Å². The van der Waals surface area contributed by atoms with Crippen LogP contribution >= 0.6 is 34.3 Å². The number of thiazole rings is 1. The van der Waals surface area contributed by atoms with E-state index >= 15 is 0 Å². The first-order valence-electron chi connectivity index (χ1n) is 7.81. The Morgan fingerprint density at radius 3 is 2.87 bits per heavy atom. The maximum Gasteiger partial charge on any atom is 0.263 e. The summed E-state index contributed by atoms with van der Waals surface area (Å²) in [6.07, 6.45) is 3.37. The molecule has 0 saturated carbocycles. The van der Waals surface area contributed by atoms with E-state index in [9.17, 15) is 4.79 Å². The largest absolute Gasteiger partial charge is 0.346 e. The molecule has 1 saturated heterocycles. The number of nitrogens with zero attached hydrogens (tertiary/aromatic N) is 1. The summed E-state index contributed by atoms with van der Waals surface area (Å²) in [4.78, 5) is 18.8. The predicted octanol–water partition coefficient (Wildman–Crippen LogP) is 3.64. The second-order valence-electron chi connectivity index (χ2n) is 5.81. The fourth-order valence-electron chi connectivity index (χ4n) is 2.78. The molecule has 124 valence electrons. The lowest BCUT2D eigenvalue weighted by Gasteiger charge is -2.21. The monoisotopic (exact) mass is 369 g/mol. The van der Waals surface area contributed by atoms with Crippen LogP contribution in [-0.2, 0) is 13.0 Å². The van der Waals surface area contributed by atoms with E-state index in [1.54, 1.807) is 0 Å². The van der Waals surface area contributed by atoms with Crippen molar-refractivity contribution < 1.29 is 4.79 Å². The zero-order valence-corrected chi connectivity index (χ0v) is 15.4. The number of thiophene rings is 1. The minimum Gasteiger partial charge on any atom is -0.346 e. The molecule has 3 rings (SSSR count). The first kappa shape index (κ1) is 16.9. The SMILES string of the molecule is Cc1nc(CC2CCNCC2)sc1C(=O)NCc1ccc(Cl)s1. The van der Waals surface area contributed by atoms with Crippen LogP contribution < -0.4 is 10.6 Å². The van der Waals surface area contributed by atoms with Crippen LogP contribution in [0.15, 0.2) is 12.1 Å². The first-order chi connectivity index (χ1) is 11.1. The van der Waals surface area contributed by atoms with E-state index in [0.717, 1.165) is 44.3 Å². The molecule has 2 aromatic heterocycles. The van der Waals surface area contributed by atoms with E-state index in [4.69, 9.17) is 11.6 Å². The highest BCUT2D eigenvalue weighted by atomic mass is 35.5. The predicted molar refractivity (Wildman–Crippen MR) is 96.6 cm³/mol. The van der Waals surface area contributed by atoms with Crippen molar-refractivity contribution >= 4 is 40.2 Å². The highest BCUT2D eigenvalue weighted by Crippen LogP contribution is 2.25. The van der Waals surface area contributed by atoms with E-state index in [1.165, 1.54) is 35.5 Å². The van der Waals surface area contributed by atoms with Crippen molar-refractivity contribution in [3.05, 3.63) is 36.9 Å². The number of hydrogen-bond donors (Lipinski definition) is 2. The van der Waals surface area contributed by atoms with Gasteiger partial charge in [-0.15, -0.1) is 22.7 Å². The lowest BCUT2D eigenvalue weighted by Crippen LogP contribution is -2.28. The van der Waals surface area contributed by atoms with Gasteiger partial charge in [0.05, 0.1) is 21.6 Å². The number of aryl methyl sites for hydroxylation is 1. The van der Waals surface area contributed by atoms with Gasteiger partial charge in [0.1, 0.15) is 4.88 Å². The van der Waals surface area contributed by atoms with Gasteiger partial charge in [-0.2, -0.15) is 0 Å². The third kappa shape index (κ3) is 4.53. The van der Waals surface area contributed by atoms with Crippen molar-refractivity contribution in [2.45, 2.75) is 32.7 Å². The highest BCUT2D eigenvalue weighted by molar-refractivity contribution is 7.16. The van der Waals surface area contributed by atoms with Gasteiger partial charge in [0.15, 0.2) is 0 Å². The van der Waals surface area contributed by atoms with Crippen LogP contribution in [0.1, 0.15) is 38.1 Å². The average molecular weight is 370 g/mol. The molecule has 0 spiro atoms. The van der Waals surface area contributed by atoms with E-state index < -0.39 is 0 Å². The van der Waals surface area contributed by atoms with Gasteiger partial charge in [-0.25, -0.2) is 4.98 Å². The van der Waals surface area contributed by atoms with Crippen LogP contribution in [0.25, 0.3) is 0 Å². The molecule has 7 heteroatoms. The summed E-state index contributed by atoms with van der Waals surface area (Å²) < 4.78 is 0.743. The van der Waals surface area contributed by atoms with E-state index in [1.807, 2.05) is 19.1 Å². The number of amides is 1. The van der Waals surface area contributed by atoms with Gasteiger partial charge >= 0.3 is 0 Å². The summed E-state index contributed by atoms with van der Waals surface area (Å²) in [5.41, 5.74) is 0.834. The minimum atomic E-state index is -0.0407. The minimum absolute atomic E-state index is 0.0407. The van der Waals surface area contributed by atoms with Crippen molar-refractivity contribution in [1.82, 2.24) is 15.6 Å². The topological polar surface area (TPSA) is 54.0 Å². The number of piperidine rings is 1. The number of carbonyl (C=O) groups excluding carboxylic acids is 1. The standard InChI is InChI=1S/C16H20ClN3OS2/c1-10-15(16(21)19-9-12-2-3-13(17)22-12)23-14(20-10)8-11-4-6-18-7-5-11/h2-3,11,18H,4-9H2,1H3,(H,19,21). The Kier molecular flexibility index (Phi) is 5.69. The molecule has 0 atom stereocenters. The zero-order valence-electron chi connectivity index (χ0n) is 13.0. The number of carbonyl (C=O) groups is 1. The van der Waals surface area contributed by atoms with Gasteiger partial charge in [-0.3, -0.25) is 4.79 Å². The second-order valence-corrected chi connectivity index (χ2v) is 8.69. The molecule has 0 bridgehead atoms. The molecule has 0 unspecified atom stereocenters. The highest BCUT2D eigenvalue weighted by Gasteiger charge is 2.19. The summed E-state index contributed by atoms with van der Waals surface area (Å²) in [6.45, 7) is 4.61. The fourth-order valence-corrected chi connectivity index (χ4v) is 4.90.